The Morgan fingerprint density at radius 3 is 2.65 bits per heavy atom. The molecule has 158 valence electrons. The Bertz CT molecular complexity index is 1200. The minimum absolute atomic E-state index is 0.176. The third kappa shape index (κ3) is 2.20. The molecule has 0 radical (unpaired) electrons. The molecular weight excluding hydrogens is 437 g/mol. The van der Waals surface area contributed by atoms with Crippen molar-refractivity contribution in [2.75, 3.05) is 16.8 Å². The van der Waals surface area contributed by atoms with Crippen LogP contribution in [0.25, 0.3) is 0 Å². The van der Waals surface area contributed by atoms with Crippen LogP contribution in [-0.2, 0) is 19.9 Å². The molecule has 4 aliphatic rings. The number of nitrogens with zero attached hydrogens (tertiary/aromatic N) is 2. The number of imide groups is 1. The van der Waals surface area contributed by atoms with Crippen molar-refractivity contribution in [1.82, 2.24) is 4.90 Å². The van der Waals surface area contributed by atoms with Gasteiger partial charge in [-0.25, -0.2) is 4.90 Å². The summed E-state index contributed by atoms with van der Waals surface area (Å²) in [7, 11) is 0. The van der Waals surface area contributed by atoms with Crippen LogP contribution in [0.1, 0.15) is 24.0 Å². The van der Waals surface area contributed by atoms with Crippen molar-refractivity contribution in [1.29, 1.82) is 0 Å². The Morgan fingerprint density at radius 2 is 1.87 bits per heavy atom. The number of rotatable bonds is 1. The molecule has 0 aromatic heterocycles. The summed E-state index contributed by atoms with van der Waals surface area (Å²) in [5.74, 6) is -2.33. The number of nitrogens with one attached hydrogen (secondary N) is 1. The van der Waals surface area contributed by atoms with E-state index in [0.717, 1.165) is 18.4 Å². The first kappa shape index (κ1) is 19.3. The number of aryl methyl sites for hydroxylation is 1. The van der Waals surface area contributed by atoms with Crippen molar-refractivity contribution in [3.05, 3.63) is 57.6 Å². The summed E-state index contributed by atoms with van der Waals surface area (Å²) >= 11 is 12.7. The summed E-state index contributed by atoms with van der Waals surface area (Å²) in [6.45, 7) is 2.54. The van der Waals surface area contributed by atoms with Crippen LogP contribution in [0.3, 0.4) is 0 Å². The summed E-state index contributed by atoms with van der Waals surface area (Å²) in [5.41, 5.74) is 1.36. The molecule has 4 heterocycles. The van der Waals surface area contributed by atoms with Gasteiger partial charge in [-0.1, -0.05) is 35.3 Å². The first-order valence-corrected chi connectivity index (χ1v) is 11.1. The highest BCUT2D eigenvalue weighted by molar-refractivity contribution is 6.36. The highest BCUT2D eigenvalue weighted by Gasteiger charge is 2.74. The van der Waals surface area contributed by atoms with Crippen LogP contribution < -0.4 is 10.2 Å². The minimum Gasteiger partial charge on any atom is -0.324 e. The highest BCUT2D eigenvalue weighted by atomic mass is 35.5. The predicted octanol–water partition coefficient (Wildman–Crippen LogP) is 3.73. The van der Waals surface area contributed by atoms with Gasteiger partial charge >= 0.3 is 0 Å². The van der Waals surface area contributed by atoms with Crippen LogP contribution >= 0.6 is 23.2 Å². The average molecular weight is 456 g/mol. The number of carbonyl (C=O) groups is 3. The van der Waals surface area contributed by atoms with Gasteiger partial charge in [-0.05, 0) is 56.1 Å². The van der Waals surface area contributed by atoms with E-state index in [-0.39, 0.29) is 23.8 Å². The lowest BCUT2D eigenvalue weighted by atomic mass is 9.75. The van der Waals surface area contributed by atoms with Crippen LogP contribution in [0.4, 0.5) is 11.4 Å². The highest BCUT2D eigenvalue weighted by Crippen LogP contribution is 2.61. The third-order valence-corrected chi connectivity index (χ3v) is 7.89. The van der Waals surface area contributed by atoms with Gasteiger partial charge in [0.25, 0.3) is 0 Å². The van der Waals surface area contributed by atoms with Crippen LogP contribution in [-0.4, -0.2) is 35.2 Å². The average Bonchev–Trinajstić information content (AvgIpc) is 3.42. The van der Waals surface area contributed by atoms with Gasteiger partial charge in [-0.2, -0.15) is 0 Å². The van der Waals surface area contributed by atoms with E-state index in [0.29, 0.717) is 33.5 Å². The summed E-state index contributed by atoms with van der Waals surface area (Å²) < 4.78 is 0. The maximum atomic E-state index is 13.9. The lowest BCUT2D eigenvalue weighted by Gasteiger charge is -2.36. The smallest absolute Gasteiger partial charge is 0.250 e. The first-order chi connectivity index (χ1) is 14.9. The fraction of sp³-hybridized carbons (Fsp3) is 0.348. The zero-order valence-electron chi connectivity index (χ0n) is 16.7. The Balaban J connectivity index is 1.60. The lowest BCUT2D eigenvalue weighted by Crippen LogP contribution is -2.54. The molecule has 6 rings (SSSR count). The Kier molecular flexibility index (Phi) is 3.93. The number of fused-ring (bicyclic) bond motifs is 7. The third-order valence-electron chi connectivity index (χ3n) is 7.36. The molecule has 6 nitrogen and oxygen atoms in total. The SMILES string of the molecule is Cc1cc(Cl)cc2c1NC(=O)[C@@]21[C@@H]2C(=O)N(c3ccccc3Cl)C(=O)[C@H]2[C@@H]2CCCN21. The fourth-order valence-electron chi connectivity index (χ4n) is 6.31. The molecule has 4 atom stereocenters. The van der Waals surface area contributed by atoms with Gasteiger partial charge in [0.1, 0.15) is 5.54 Å². The molecule has 2 aromatic carbocycles. The van der Waals surface area contributed by atoms with Crippen LogP contribution in [0.5, 0.6) is 0 Å². The van der Waals surface area contributed by atoms with Gasteiger partial charge in [-0.15, -0.1) is 0 Å². The van der Waals surface area contributed by atoms with E-state index >= 15 is 0 Å². The molecule has 0 saturated carbocycles. The minimum atomic E-state index is -1.24. The molecule has 3 amide bonds. The molecule has 1 N–H and O–H groups in total. The second kappa shape index (κ2) is 6.31. The molecule has 4 aliphatic heterocycles. The van der Waals surface area contributed by atoms with Gasteiger partial charge in [-0.3, -0.25) is 19.3 Å². The van der Waals surface area contributed by atoms with Gasteiger partial charge < -0.3 is 5.32 Å². The lowest BCUT2D eigenvalue weighted by molar-refractivity contribution is -0.135. The molecule has 0 aliphatic carbocycles. The van der Waals surface area contributed by atoms with Crippen molar-refractivity contribution in [3.63, 3.8) is 0 Å². The van der Waals surface area contributed by atoms with Crippen LogP contribution in [0.2, 0.25) is 10.0 Å². The Labute approximate surface area is 189 Å². The molecule has 0 unspecified atom stereocenters. The summed E-state index contributed by atoms with van der Waals surface area (Å²) in [4.78, 5) is 44.5. The summed E-state index contributed by atoms with van der Waals surface area (Å²) in [6.07, 6.45) is 1.63. The quantitative estimate of drug-likeness (QED) is 0.665. The number of hydrogen-bond acceptors (Lipinski definition) is 4. The van der Waals surface area contributed by atoms with E-state index < -0.39 is 17.4 Å². The van der Waals surface area contributed by atoms with E-state index in [1.807, 2.05) is 6.92 Å². The number of benzene rings is 2. The van der Waals surface area contributed by atoms with Crippen LogP contribution in [0, 0.1) is 18.8 Å². The van der Waals surface area contributed by atoms with Crippen molar-refractivity contribution in [2.24, 2.45) is 11.8 Å². The van der Waals surface area contributed by atoms with Crippen molar-refractivity contribution >= 4 is 52.3 Å². The van der Waals surface area contributed by atoms with E-state index in [4.69, 9.17) is 23.2 Å². The van der Waals surface area contributed by atoms with Gasteiger partial charge in [0.15, 0.2) is 0 Å². The fourth-order valence-corrected chi connectivity index (χ4v) is 6.80. The molecule has 2 aromatic rings. The maximum absolute atomic E-state index is 13.9. The standard InChI is InChI=1S/C23H19Cl2N3O3/c1-11-9-12(24)10-13-19(11)26-22(31)23(13)18-17(16-7-4-8-27(16)23)20(29)28(21(18)30)15-6-3-2-5-14(15)25/h2-3,5-6,9-10,16-18H,4,7-8H2,1H3,(H,26,31)/t16-,17-,18-,23-/m0/s1. The zero-order valence-corrected chi connectivity index (χ0v) is 18.2. The topological polar surface area (TPSA) is 69.7 Å². The largest absolute Gasteiger partial charge is 0.324 e. The second-order valence-electron chi connectivity index (χ2n) is 8.74. The van der Waals surface area contributed by atoms with Crippen molar-refractivity contribution < 1.29 is 14.4 Å². The van der Waals surface area contributed by atoms with Crippen LogP contribution in [0.15, 0.2) is 36.4 Å². The molecule has 8 heteroatoms. The van der Waals surface area contributed by atoms with Gasteiger partial charge in [0, 0.05) is 22.3 Å². The van der Waals surface area contributed by atoms with E-state index in [1.165, 1.54) is 4.90 Å². The normalized spacial score (nSPS) is 31.4. The van der Waals surface area contributed by atoms with E-state index in [2.05, 4.69) is 10.2 Å². The molecule has 1 spiro atoms. The number of anilines is 2. The first-order valence-electron chi connectivity index (χ1n) is 10.4. The van der Waals surface area contributed by atoms with E-state index in [1.54, 1.807) is 36.4 Å². The number of hydrogen-bond donors (Lipinski definition) is 1. The number of para-hydroxylation sites is 1. The Morgan fingerprint density at radius 1 is 1.10 bits per heavy atom. The molecule has 3 saturated heterocycles. The Hall–Kier alpha value is -2.41. The number of halogens is 2. The number of carbonyl (C=O) groups excluding carboxylic acids is 3. The molecule has 0 bridgehead atoms. The molecular formula is C23H19Cl2N3O3. The monoisotopic (exact) mass is 455 g/mol. The maximum Gasteiger partial charge on any atom is 0.250 e. The molecule has 31 heavy (non-hydrogen) atoms. The second-order valence-corrected chi connectivity index (χ2v) is 9.58. The van der Waals surface area contributed by atoms with Crippen molar-refractivity contribution in [3.8, 4) is 0 Å². The van der Waals surface area contributed by atoms with Gasteiger partial charge in [0.05, 0.1) is 22.5 Å². The van der Waals surface area contributed by atoms with Crippen molar-refractivity contribution in [2.45, 2.75) is 31.3 Å². The summed E-state index contributed by atoms with van der Waals surface area (Å²) in [5, 5.41) is 3.84. The van der Waals surface area contributed by atoms with Gasteiger partial charge in [0.2, 0.25) is 17.7 Å². The predicted molar refractivity (Wildman–Crippen MR) is 117 cm³/mol. The number of amides is 3. The van der Waals surface area contributed by atoms with E-state index in [9.17, 15) is 14.4 Å². The summed E-state index contributed by atoms with van der Waals surface area (Å²) in [6, 6.07) is 10.2. The molecule has 3 fully saturated rings. The zero-order chi connectivity index (χ0) is 21.7.